The van der Waals surface area contributed by atoms with E-state index in [2.05, 4.69) is 57.4 Å². The largest absolute Gasteiger partial charge is 0.264 e. The first-order chi connectivity index (χ1) is 6.36. The zero-order valence-electron chi connectivity index (χ0n) is 10.3. The molecule has 0 spiro atoms. The second-order valence-electron chi connectivity index (χ2n) is 5.10. The molecule has 1 rings (SSSR count). The van der Waals surface area contributed by atoms with Crippen LogP contribution >= 0.6 is 0 Å². The van der Waals surface area contributed by atoms with Crippen LogP contribution in [-0.2, 0) is 5.54 Å². The molecule has 0 amide bonds. The molecule has 0 aromatic carbocycles. The van der Waals surface area contributed by atoms with Crippen molar-refractivity contribution < 1.29 is 0 Å². The Balaban J connectivity index is 3.05. The summed E-state index contributed by atoms with van der Waals surface area (Å²) in [7, 11) is 0. The molecular weight excluding hydrogens is 172 g/mol. The lowest BCUT2D eigenvalue weighted by atomic mass is 10.1. The van der Waals surface area contributed by atoms with Gasteiger partial charge in [-0.3, -0.25) is 4.68 Å². The highest BCUT2D eigenvalue weighted by Gasteiger charge is 2.18. The third-order valence-electron chi connectivity index (χ3n) is 2.66. The van der Waals surface area contributed by atoms with Crippen LogP contribution in [0.3, 0.4) is 0 Å². The third-order valence-corrected chi connectivity index (χ3v) is 2.66. The van der Waals surface area contributed by atoms with Crippen molar-refractivity contribution in [3.8, 4) is 0 Å². The highest BCUT2D eigenvalue weighted by atomic mass is 15.3. The van der Waals surface area contributed by atoms with Gasteiger partial charge in [0.2, 0.25) is 0 Å². The zero-order valence-corrected chi connectivity index (χ0v) is 10.3. The minimum atomic E-state index is 0.0931. The number of rotatable bonds is 2. The van der Waals surface area contributed by atoms with Crippen LogP contribution in [-0.4, -0.2) is 9.78 Å². The van der Waals surface area contributed by atoms with Crippen LogP contribution in [0.1, 0.15) is 58.3 Å². The van der Waals surface area contributed by atoms with Crippen molar-refractivity contribution in [3.63, 3.8) is 0 Å². The van der Waals surface area contributed by atoms with Gasteiger partial charge in [0.05, 0.1) is 11.2 Å². The van der Waals surface area contributed by atoms with Gasteiger partial charge in [-0.15, -0.1) is 0 Å². The highest BCUT2D eigenvalue weighted by Crippen LogP contribution is 2.22. The normalized spacial score (nSPS) is 14.4. The molecule has 0 bridgehead atoms. The Labute approximate surface area is 87.3 Å². The number of hydrogen-bond acceptors (Lipinski definition) is 1. The van der Waals surface area contributed by atoms with Crippen LogP contribution in [0.15, 0.2) is 6.07 Å². The van der Waals surface area contributed by atoms with E-state index < -0.39 is 0 Å². The summed E-state index contributed by atoms with van der Waals surface area (Å²) in [6, 6.07) is 2.21. The maximum atomic E-state index is 4.67. The average molecular weight is 194 g/mol. The summed E-state index contributed by atoms with van der Waals surface area (Å²) < 4.78 is 2.12. The van der Waals surface area contributed by atoms with Gasteiger partial charge in [-0.1, -0.05) is 13.8 Å². The maximum Gasteiger partial charge on any atom is 0.0655 e. The van der Waals surface area contributed by atoms with Crippen molar-refractivity contribution in [2.45, 2.75) is 59.4 Å². The van der Waals surface area contributed by atoms with Crippen LogP contribution in [0.4, 0.5) is 0 Å². The molecule has 1 unspecified atom stereocenters. The molecule has 14 heavy (non-hydrogen) atoms. The molecule has 0 N–H and O–H groups in total. The SMILES string of the molecule is CCC(C)c1cc(C)n(C(C)(C)C)n1. The Morgan fingerprint density at radius 1 is 1.43 bits per heavy atom. The van der Waals surface area contributed by atoms with Crippen LogP contribution < -0.4 is 0 Å². The molecule has 0 radical (unpaired) electrons. The molecular formula is C12H22N2. The van der Waals surface area contributed by atoms with E-state index in [0.29, 0.717) is 5.92 Å². The average Bonchev–Trinajstić information content (AvgIpc) is 2.45. The van der Waals surface area contributed by atoms with E-state index in [1.54, 1.807) is 0 Å². The molecule has 1 heterocycles. The highest BCUT2D eigenvalue weighted by molar-refractivity contribution is 5.13. The Morgan fingerprint density at radius 3 is 2.36 bits per heavy atom. The van der Waals surface area contributed by atoms with Gasteiger partial charge in [0.25, 0.3) is 0 Å². The lowest BCUT2D eigenvalue weighted by Crippen LogP contribution is -2.24. The molecule has 1 aromatic rings. The minimum absolute atomic E-state index is 0.0931. The Bertz CT molecular complexity index is 305. The lowest BCUT2D eigenvalue weighted by Gasteiger charge is -2.21. The van der Waals surface area contributed by atoms with E-state index in [-0.39, 0.29) is 5.54 Å². The smallest absolute Gasteiger partial charge is 0.0655 e. The number of aromatic nitrogens is 2. The molecule has 0 aliphatic carbocycles. The minimum Gasteiger partial charge on any atom is -0.264 e. The molecule has 80 valence electrons. The van der Waals surface area contributed by atoms with E-state index in [0.717, 1.165) is 6.42 Å². The molecule has 0 fully saturated rings. The van der Waals surface area contributed by atoms with Crippen molar-refractivity contribution in [1.29, 1.82) is 0 Å². The summed E-state index contributed by atoms with van der Waals surface area (Å²) in [6.07, 6.45) is 1.15. The van der Waals surface area contributed by atoms with E-state index in [1.807, 2.05) is 0 Å². The van der Waals surface area contributed by atoms with Gasteiger partial charge >= 0.3 is 0 Å². The second-order valence-corrected chi connectivity index (χ2v) is 5.10. The summed E-state index contributed by atoms with van der Waals surface area (Å²) in [5.74, 6) is 0.567. The molecule has 2 nitrogen and oxygen atoms in total. The van der Waals surface area contributed by atoms with Crippen molar-refractivity contribution in [2.75, 3.05) is 0 Å². The number of nitrogens with zero attached hydrogens (tertiary/aromatic N) is 2. The molecule has 2 heteroatoms. The fraction of sp³-hybridized carbons (Fsp3) is 0.750. The molecule has 1 atom stereocenters. The van der Waals surface area contributed by atoms with Gasteiger partial charge < -0.3 is 0 Å². The molecule has 0 aliphatic heterocycles. The summed E-state index contributed by atoms with van der Waals surface area (Å²) in [5.41, 5.74) is 2.57. The van der Waals surface area contributed by atoms with E-state index in [4.69, 9.17) is 0 Å². The van der Waals surface area contributed by atoms with Crippen molar-refractivity contribution in [1.82, 2.24) is 9.78 Å². The molecule has 1 aromatic heterocycles. The molecule has 0 saturated carbocycles. The summed E-state index contributed by atoms with van der Waals surface area (Å²) >= 11 is 0. The van der Waals surface area contributed by atoms with Gasteiger partial charge in [0, 0.05) is 5.69 Å². The van der Waals surface area contributed by atoms with Crippen LogP contribution in [0.2, 0.25) is 0 Å². The first-order valence-electron chi connectivity index (χ1n) is 5.43. The zero-order chi connectivity index (χ0) is 10.9. The van der Waals surface area contributed by atoms with E-state index in [9.17, 15) is 0 Å². The van der Waals surface area contributed by atoms with Gasteiger partial charge in [-0.2, -0.15) is 5.10 Å². The van der Waals surface area contributed by atoms with Crippen molar-refractivity contribution in [3.05, 3.63) is 17.5 Å². The molecule has 0 aliphatic rings. The number of aryl methyl sites for hydroxylation is 1. The van der Waals surface area contributed by atoms with Gasteiger partial charge in [-0.25, -0.2) is 0 Å². The predicted octanol–water partition coefficient (Wildman–Crippen LogP) is 3.46. The quantitative estimate of drug-likeness (QED) is 0.705. The monoisotopic (exact) mass is 194 g/mol. The summed E-state index contributed by atoms with van der Waals surface area (Å²) in [6.45, 7) is 13.1. The summed E-state index contributed by atoms with van der Waals surface area (Å²) in [4.78, 5) is 0. The summed E-state index contributed by atoms with van der Waals surface area (Å²) in [5, 5.41) is 4.67. The van der Waals surface area contributed by atoms with Gasteiger partial charge in [-0.05, 0) is 46.1 Å². The standard InChI is InChI=1S/C12H22N2/c1-7-9(2)11-8-10(3)14(13-11)12(4,5)6/h8-9H,7H2,1-6H3. The van der Waals surface area contributed by atoms with E-state index >= 15 is 0 Å². The Kier molecular flexibility index (Phi) is 3.03. The first kappa shape index (κ1) is 11.3. The predicted molar refractivity (Wildman–Crippen MR) is 60.7 cm³/mol. The first-order valence-corrected chi connectivity index (χ1v) is 5.43. The van der Waals surface area contributed by atoms with E-state index in [1.165, 1.54) is 11.4 Å². The van der Waals surface area contributed by atoms with Crippen molar-refractivity contribution in [2.24, 2.45) is 0 Å². The van der Waals surface area contributed by atoms with Crippen molar-refractivity contribution >= 4 is 0 Å². The van der Waals surface area contributed by atoms with Crippen LogP contribution in [0.5, 0.6) is 0 Å². The van der Waals surface area contributed by atoms with Crippen LogP contribution in [0, 0.1) is 6.92 Å². The Morgan fingerprint density at radius 2 is 2.00 bits per heavy atom. The fourth-order valence-corrected chi connectivity index (χ4v) is 1.63. The number of hydrogen-bond donors (Lipinski definition) is 0. The fourth-order valence-electron chi connectivity index (χ4n) is 1.63. The van der Waals surface area contributed by atoms with Crippen LogP contribution in [0.25, 0.3) is 0 Å². The third kappa shape index (κ3) is 2.17. The lowest BCUT2D eigenvalue weighted by molar-refractivity contribution is 0.344. The molecule has 0 saturated heterocycles. The van der Waals surface area contributed by atoms with Gasteiger partial charge in [0.15, 0.2) is 0 Å². The maximum absolute atomic E-state index is 4.67. The Hall–Kier alpha value is -0.790. The van der Waals surface area contributed by atoms with Gasteiger partial charge in [0.1, 0.15) is 0 Å². The topological polar surface area (TPSA) is 17.8 Å². The second kappa shape index (κ2) is 3.76.